The molecule has 3 N–H and O–H groups in total. The molecule has 0 aromatic heterocycles. The summed E-state index contributed by atoms with van der Waals surface area (Å²) >= 11 is 0. The van der Waals surface area contributed by atoms with Gasteiger partial charge in [-0.05, 0) is 57.2 Å². The smallest absolute Gasteiger partial charge is 0.223 e. The third-order valence-electron chi connectivity index (χ3n) is 5.42. The maximum Gasteiger partial charge on any atom is 0.223 e. The number of nitrogens with zero attached hydrogens (tertiary/aromatic N) is 1. The van der Waals surface area contributed by atoms with Crippen LogP contribution in [-0.4, -0.2) is 43.0 Å². The second-order valence-corrected chi connectivity index (χ2v) is 6.68. The van der Waals surface area contributed by atoms with Crippen molar-refractivity contribution in [2.24, 2.45) is 23.5 Å². The third kappa shape index (κ3) is 3.95. The Bertz CT molecular complexity index is 313. The zero-order valence-electron chi connectivity index (χ0n) is 13.1. The quantitative estimate of drug-likeness (QED) is 0.823. The molecule has 1 amide bonds. The van der Waals surface area contributed by atoms with E-state index in [2.05, 4.69) is 24.1 Å². The van der Waals surface area contributed by atoms with E-state index in [4.69, 9.17) is 5.73 Å². The Kier molecular flexibility index (Phi) is 5.85. The molecule has 3 unspecified atom stereocenters. The van der Waals surface area contributed by atoms with Crippen LogP contribution >= 0.6 is 0 Å². The van der Waals surface area contributed by atoms with E-state index in [1.165, 1.54) is 25.9 Å². The van der Waals surface area contributed by atoms with Crippen LogP contribution in [-0.2, 0) is 4.79 Å². The lowest BCUT2D eigenvalue weighted by Gasteiger charge is -2.34. The molecule has 2 rings (SSSR count). The topological polar surface area (TPSA) is 58.4 Å². The molecule has 2 fully saturated rings. The molecule has 1 aliphatic heterocycles. The lowest BCUT2D eigenvalue weighted by Crippen LogP contribution is -2.46. The van der Waals surface area contributed by atoms with Crippen LogP contribution in [0.5, 0.6) is 0 Å². The summed E-state index contributed by atoms with van der Waals surface area (Å²) in [4.78, 5) is 14.8. The van der Waals surface area contributed by atoms with Gasteiger partial charge in [0.2, 0.25) is 5.91 Å². The minimum atomic E-state index is 0.134. The average molecular weight is 281 g/mol. The summed E-state index contributed by atoms with van der Waals surface area (Å²) in [6, 6.07) is 0.201. The number of hydrogen-bond acceptors (Lipinski definition) is 3. The van der Waals surface area contributed by atoms with E-state index in [-0.39, 0.29) is 17.9 Å². The average Bonchev–Trinajstić information content (AvgIpc) is 2.48. The van der Waals surface area contributed by atoms with Crippen LogP contribution in [0.2, 0.25) is 0 Å². The van der Waals surface area contributed by atoms with E-state index in [9.17, 15) is 4.79 Å². The lowest BCUT2D eigenvalue weighted by atomic mass is 9.77. The fourth-order valence-electron chi connectivity index (χ4n) is 3.65. The summed E-state index contributed by atoms with van der Waals surface area (Å²) in [7, 11) is 0. The van der Waals surface area contributed by atoms with E-state index in [1.54, 1.807) is 0 Å². The number of likely N-dealkylation sites (tertiary alicyclic amines) is 1. The van der Waals surface area contributed by atoms with Crippen molar-refractivity contribution >= 4 is 5.91 Å². The van der Waals surface area contributed by atoms with Crippen LogP contribution in [0.4, 0.5) is 0 Å². The molecule has 0 spiro atoms. The Morgan fingerprint density at radius 2 is 1.95 bits per heavy atom. The second-order valence-electron chi connectivity index (χ2n) is 6.68. The highest BCUT2D eigenvalue weighted by atomic mass is 16.1. The van der Waals surface area contributed by atoms with Gasteiger partial charge in [0.05, 0.1) is 0 Å². The van der Waals surface area contributed by atoms with Gasteiger partial charge < -0.3 is 16.0 Å². The zero-order valence-corrected chi connectivity index (χ0v) is 13.1. The molecule has 4 heteroatoms. The number of rotatable bonds is 4. The van der Waals surface area contributed by atoms with Crippen LogP contribution in [0, 0.1) is 17.8 Å². The molecule has 4 nitrogen and oxygen atoms in total. The Morgan fingerprint density at radius 3 is 2.60 bits per heavy atom. The molecule has 1 saturated heterocycles. The van der Waals surface area contributed by atoms with Crippen LogP contribution in [0.25, 0.3) is 0 Å². The summed E-state index contributed by atoms with van der Waals surface area (Å²) in [5.74, 6) is 1.36. The monoisotopic (exact) mass is 281 g/mol. The van der Waals surface area contributed by atoms with Crippen molar-refractivity contribution in [3.8, 4) is 0 Å². The molecule has 0 bridgehead atoms. The lowest BCUT2D eigenvalue weighted by molar-refractivity contribution is -0.128. The first-order valence-electron chi connectivity index (χ1n) is 8.37. The summed E-state index contributed by atoms with van der Waals surface area (Å²) in [6.07, 6.45) is 5.61. The van der Waals surface area contributed by atoms with E-state index in [0.29, 0.717) is 11.8 Å². The van der Waals surface area contributed by atoms with Gasteiger partial charge in [0.1, 0.15) is 0 Å². The molecule has 0 radical (unpaired) electrons. The minimum absolute atomic E-state index is 0.134. The molecule has 116 valence electrons. The van der Waals surface area contributed by atoms with Gasteiger partial charge in [-0.1, -0.05) is 20.3 Å². The number of amides is 1. The van der Waals surface area contributed by atoms with Gasteiger partial charge in [0.25, 0.3) is 0 Å². The number of nitrogens with two attached hydrogens (primary N) is 1. The van der Waals surface area contributed by atoms with Crippen molar-refractivity contribution in [1.82, 2.24) is 10.2 Å². The summed E-state index contributed by atoms with van der Waals surface area (Å²) in [5, 5.41) is 3.19. The van der Waals surface area contributed by atoms with Crippen LogP contribution in [0.15, 0.2) is 0 Å². The van der Waals surface area contributed by atoms with Gasteiger partial charge >= 0.3 is 0 Å². The maximum atomic E-state index is 12.3. The van der Waals surface area contributed by atoms with Crippen molar-refractivity contribution in [3.63, 3.8) is 0 Å². The first-order chi connectivity index (χ1) is 9.61. The summed E-state index contributed by atoms with van der Waals surface area (Å²) in [5.41, 5.74) is 6.09. The van der Waals surface area contributed by atoms with Crippen molar-refractivity contribution in [3.05, 3.63) is 0 Å². The van der Waals surface area contributed by atoms with Crippen molar-refractivity contribution in [1.29, 1.82) is 0 Å². The summed E-state index contributed by atoms with van der Waals surface area (Å²) < 4.78 is 0. The number of carbonyl (C=O) groups is 1. The Morgan fingerprint density at radius 1 is 1.25 bits per heavy atom. The van der Waals surface area contributed by atoms with E-state index in [0.717, 1.165) is 32.4 Å². The number of nitrogens with one attached hydrogen (secondary N) is 1. The van der Waals surface area contributed by atoms with Crippen molar-refractivity contribution < 1.29 is 4.79 Å². The predicted octanol–water partition coefficient (Wildman–Crippen LogP) is 1.60. The van der Waals surface area contributed by atoms with Gasteiger partial charge in [0.15, 0.2) is 0 Å². The van der Waals surface area contributed by atoms with E-state index < -0.39 is 0 Å². The third-order valence-corrected chi connectivity index (χ3v) is 5.42. The Balaban J connectivity index is 1.72. The van der Waals surface area contributed by atoms with Crippen LogP contribution in [0.1, 0.15) is 46.0 Å². The maximum absolute atomic E-state index is 12.3. The van der Waals surface area contributed by atoms with Crippen molar-refractivity contribution in [2.45, 2.75) is 52.0 Å². The molecule has 20 heavy (non-hydrogen) atoms. The fraction of sp³-hybridized carbons (Fsp3) is 0.938. The minimum Gasteiger partial charge on any atom is -0.356 e. The highest BCUT2D eigenvalue weighted by Crippen LogP contribution is 2.29. The molecule has 1 aliphatic carbocycles. The first kappa shape index (κ1) is 15.8. The number of hydrogen-bond donors (Lipinski definition) is 2. The number of carbonyl (C=O) groups excluding carboxylic acids is 1. The van der Waals surface area contributed by atoms with Crippen LogP contribution < -0.4 is 11.1 Å². The molecule has 1 saturated carbocycles. The van der Waals surface area contributed by atoms with E-state index in [1.807, 2.05) is 0 Å². The van der Waals surface area contributed by atoms with E-state index >= 15 is 0 Å². The predicted molar refractivity (Wildman–Crippen MR) is 82.3 cm³/mol. The molecular formula is C16H31N3O. The van der Waals surface area contributed by atoms with Gasteiger partial charge in [-0.25, -0.2) is 0 Å². The fourth-order valence-corrected chi connectivity index (χ4v) is 3.65. The van der Waals surface area contributed by atoms with Crippen LogP contribution in [0.3, 0.4) is 0 Å². The standard InChI is InChI=1S/C16H31N3O/c1-3-19-9-7-13(8-10-19)11-18-16(20)14-5-4-6-15(17)12(14)2/h12-15H,3-11,17H2,1-2H3,(H,18,20). The van der Waals surface area contributed by atoms with Crippen molar-refractivity contribution in [2.75, 3.05) is 26.2 Å². The SMILES string of the molecule is CCN1CCC(CNC(=O)C2CCCC(N)C2C)CC1. The van der Waals surface area contributed by atoms with Gasteiger partial charge in [-0.2, -0.15) is 0 Å². The highest BCUT2D eigenvalue weighted by Gasteiger charge is 2.32. The van der Waals surface area contributed by atoms with Gasteiger partial charge in [-0.3, -0.25) is 4.79 Å². The molecular weight excluding hydrogens is 250 g/mol. The zero-order chi connectivity index (χ0) is 14.5. The number of piperidine rings is 1. The van der Waals surface area contributed by atoms with Gasteiger partial charge in [-0.15, -0.1) is 0 Å². The molecule has 2 aliphatic rings. The molecule has 3 atom stereocenters. The largest absolute Gasteiger partial charge is 0.356 e. The molecule has 1 heterocycles. The van der Waals surface area contributed by atoms with Gasteiger partial charge in [0, 0.05) is 18.5 Å². The molecule has 0 aromatic carbocycles. The Labute approximate surface area is 123 Å². The second kappa shape index (κ2) is 7.41. The molecule has 0 aromatic rings. The Hall–Kier alpha value is -0.610. The summed E-state index contributed by atoms with van der Waals surface area (Å²) in [6.45, 7) is 8.72. The normalized spacial score (nSPS) is 33.0. The highest BCUT2D eigenvalue weighted by molar-refractivity contribution is 5.79. The first-order valence-corrected chi connectivity index (χ1v) is 8.37.